The third-order valence-electron chi connectivity index (χ3n) is 4.36. The monoisotopic (exact) mass is 353 g/mol. The highest BCUT2D eigenvalue weighted by Gasteiger charge is 2.36. The van der Waals surface area contributed by atoms with E-state index in [0.717, 1.165) is 37.0 Å². The summed E-state index contributed by atoms with van der Waals surface area (Å²) in [5.41, 5.74) is 6.94. The van der Waals surface area contributed by atoms with Crippen molar-refractivity contribution in [2.75, 3.05) is 7.11 Å². The maximum Gasteiger partial charge on any atom is 0.255 e. The van der Waals surface area contributed by atoms with Crippen molar-refractivity contribution < 1.29 is 14.0 Å². The standard InChI is InChI=1S/C17H23N3O3.ClH/c1-12(22-11-13-6-5-7-14(10-13)21-2)15-19-16(20-23-15)17(18)8-3-4-9-17;/h5-7,10,12H,3-4,8-9,11,18H2,1-2H3;1H. The number of aromatic nitrogens is 2. The Morgan fingerprint density at radius 3 is 2.79 bits per heavy atom. The Morgan fingerprint density at radius 1 is 1.33 bits per heavy atom. The van der Waals surface area contributed by atoms with Crippen molar-refractivity contribution >= 4 is 12.4 Å². The van der Waals surface area contributed by atoms with Gasteiger partial charge in [0, 0.05) is 0 Å². The zero-order chi connectivity index (χ0) is 16.3. The van der Waals surface area contributed by atoms with Crippen molar-refractivity contribution in [3.05, 3.63) is 41.5 Å². The second kappa shape index (κ2) is 7.96. The first-order valence-electron chi connectivity index (χ1n) is 7.98. The molecule has 1 fully saturated rings. The quantitative estimate of drug-likeness (QED) is 0.855. The second-order valence-corrected chi connectivity index (χ2v) is 6.12. The van der Waals surface area contributed by atoms with E-state index in [2.05, 4.69) is 10.1 Å². The molecule has 0 bridgehead atoms. The number of ether oxygens (including phenoxy) is 2. The summed E-state index contributed by atoms with van der Waals surface area (Å²) in [6, 6.07) is 7.77. The van der Waals surface area contributed by atoms with Gasteiger partial charge in [-0.25, -0.2) is 0 Å². The largest absolute Gasteiger partial charge is 0.497 e. The Kier molecular flexibility index (Phi) is 6.21. The molecule has 1 heterocycles. The van der Waals surface area contributed by atoms with Crippen molar-refractivity contribution in [1.82, 2.24) is 10.1 Å². The molecule has 1 saturated carbocycles. The predicted molar refractivity (Wildman–Crippen MR) is 92.1 cm³/mol. The van der Waals surface area contributed by atoms with E-state index >= 15 is 0 Å². The molecule has 1 unspecified atom stereocenters. The van der Waals surface area contributed by atoms with Gasteiger partial charge in [-0.1, -0.05) is 30.1 Å². The van der Waals surface area contributed by atoms with Crippen molar-refractivity contribution in [2.45, 2.75) is 50.9 Å². The molecule has 1 aromatic carbocycles. The van der Waals surface area contributed by atoms with Crippen LogP contribution in [0, 0.1) is 0 Å². The topological polar surface area (TPSA) is 83.4 Å². The van der Waals surface area contributed by atoms with Crippen molar-refractivity contribution in [1.29, 1.82) is 0 Å². The number of hydrogen-bond acceptors (Lipinski definition) is 6. The van der Waals surface area contributed by atoms with Crippen LogP contribution in [-0.2, 0) is 16.9 Å². The number of rotatable bonds is 6. The molecule has 1 atom stereocenters. The number of halogens is 1. The molecule has 7 heteroatoms. The van der Waals surface area contributed by atoms with Crippen LogP contribution in [0.2, 0.25) is 0 Å². The molecule has 132 valence electrons. The number of nitrogens with two attached hydrogens (primary N) is 1. The first kappa shape index (κ1) is 18.7. The van der Waals surface area contributed by atoms with E-state index in [1.165, 1.54) is 0 Å². The van der Waals surface area contributed by atoms with Crippen LogP contribution in [-0.4, -0.2) is 17.3 Å². The molecule has 0 saturated heterocycles. The highest BCUT2D eigenvalue weighted by molar-refractivity contribution is 5.85. The lowest BCUT2D eigenvalue weighted by atomic mass is 9.99. The van der Waals surface area contributed by atoms with Gasteiger partial charge in [-0.15, -0.1) is 12.4 Å². The van der Waals surface area contributed by atoms with Gasteiger partial charge in [0.25, 0.3) is 5.89 Å². The van der Waals surface area contributed by atoms with Gasteiger partial charge in [-0.3, -0.25) is 0 Å². The molecular weight excluding hydrogens is 330 g/mol. The van der Waals surface area contributed by atoms with Gasteiger partial charge in [0.2, 0.25) is 0 Å². The zero-order valence-corrected chi connectivity index (χ0v) is 14.8. The summed E-state index contributed by atoms with van der Waals surface area (Å²) in [6.45, 7) is 2.35. The lowest BCUT2D eigenvalue weighted by Crippen LogP contribution is -2.34. The smallest absolute Gasteiger partial charge is 0.255 e. The number of methoxy groups -OCH3 is 1. The van der Waals surface area contributed by atoms with Gasteiger partial charge >= 0.3 is 0 Å². The summed E-state index contributed by atoms with van der Waals surface area (Å²) in [6.07, 6.45) is 3.76. The minimum atomic E-state index is -0.436. The lowest BCUT2D eigenvalue weighted by molar-refractivity contribution is 0.0307. The molecule has 24 heavy (non-hydrogen) atoms. The van der Waals surface area contributed by atoms with Crippen LogP contribution < -0.4 is 10.5 Å². The summed E-state index contributed by atoms with van der Waals surface area (Å²) in [4.78, 5) is 4.46. The maximum absolute atomic E-state index is 6.35. The normalized spacial score (nSPS) is 17.3. The molecule has 2 aromatic rings. The highest BCUT2D eigenvalue weighted by Crippen LogP contribution is 2.35. The molecule has 3 rings (SSSR count). The van der Waals surface area contributed by atoms with Crippen LogP contribution in [0.15, 0.2) is 28.8 Å². The van der Waals surface area contributed by atoms with Gasteiger partial charge in [0.1, 0.15) is 11.9 Å². The molecule has 0 aliphatic heterocycles. The second-order valence-electron chi connectivity index (χ2n) is 6.12. The summed E-state index contributed by atoms with van der Waals surface area (Å²) >= 11 is 0. The molecule has 1 aliphatic carbocycles. The predicted octanol–water partition coefficient (Wildman–Crippen LogP) is 3.51. The van der Waals surface area contributed by atoms with Crippen molar-refractivity contribution in [3.63, 3.8) is 0 Å². The number of benzene rings is 1. The molecule has 6 nitrogen and oxygen atoms in total. The SMILES string of the molecule is COc1cccc(COC(C)c2nc(C3(N)CCCC3)no2)c1.Cl. The van der Waals surface area contributed by atoms with Crippen LogP contribution in [0.3, 0.4) is 0 Å². The lowest BCUT2D eigenvalue weighted by Gasteiger charge is -2.17. The maximum atomic E-state index is 6.35. The number of nitrogens with zero attached hydrogens (tertiary/aromatic N) is 2. The highest BCUT2D eigenvalue weighted by atomic mass is 35.5. The third kappa shape index (κ3) is 4.06. The van der Waals surface area contributed by atoms with Crippen molar-refractivity contribution in [3.8, 4) is 5.75 Å². The van der Waals surface area contributed by atoms with Crippen LogP contribution >= 0.6 is 12.4 Å². The van der Waals surface area contributed by atoms with Gasteiger partial charge in [0.15, 0.2) is 5.82 Å². The summed E-state index contributed by atoms with van der Waals surface area (Å²) in [5.74, 6) is 1.88. The molecule has 0 amide bonds. The summed E-state index contributed by atoms with van der Waals surface area (Å²) in [5, 5.41) is 4.06. The van der Waals surface area contributed by atoms with E-state index in [4.69, 9.17) is 19.7 Å². The minimum Gasteiger partial charge on any atom is -0.497 e. The molecule has 0 radical (unpaired) electrons. The average molecular weight is 354 g/mol. The summed E-state index contributed by atoms with van der Waals surface area (Å²) in [7, 11) is 1.65. The Labute approximate surface area is 148 Å². The first-order chi connectivity index (χ1) is 11.1. The van der Waals surface area contributed by atoms with Crippen molar-refractivity contribution in [2.24, 2.45) is 5.73 Å². The van der Waals surface area contributed by atoms with Gasteiger partial charge in [0.05, 0.1) is 19.3 Å². The Balaban J connectivity index is 0.00000208. The molecule has 2 N–H and O–H groups in total. The van der Waals surface area contributed by atoms with Crippen LogP contribution in [0.5, 0.6) is 5.75 Å². The Hall–Kier alpha value is -1.63. The average Bonchev–Trinajstić information content (AvgIpc) is 3.23. The van der Waals surface area contributed by atoms with E-state index in [0.29, 0.717) is 18.3 Å². The van der Waals surface area contributed by atoms with E-state index in [9.17, 15) is 0 Å². The molecular formula is C17H24ClN3O3. The van der Waals surface area contributed by atoms with Crippen LogP contribution in [0.25, 0.3) is 0 Å². The first-order valence-corrected chi connectivity index (χ1v) is 7.98. The van der Waals surface area contributed by atoms with Gasteiger partial charge in [-0.05, 0) is 37.5 Å². The Bertz CT molecular complexity index is 656. The zero-order valence-electron chi connectivity index (χ0n) is 14.0. The molecule has 1 aliphatic rings. The van der Waals surface area contributed by atoms with Crippen LogP contribution in [0.4, 0.5) is 0 Å². The summed E-state index contributed by atoms with van der Waals surface area (Å²) < 4.78 is 16.4. The molecule has 1 aromatic heterocycles. The fraction of sp³-hybridized carbons (Fsp3) is 0.529. The molecule has 0 spiro atoms. The fourth-order valence-electron chi connectivity index (χ4n) is 2.89. The van der Waals surface area contributed by atoms with Gasteiger partial charge in [-0.2, -0.15) is 4.98 Å². The fourth-order valence-corrected chi connectivity index (χ4v) is 2.89. The minimum absolute atomic E-state index is 0. The van der Waals surface area contributed by atoms with E-state index < -0.39 is 5.54 Å². The Morgan fingerprint density at radius 2 is 2.08 bits per heavy atom. The van der Waals surface area contributed by atoms with Crippen LogP contribution in [0.1, 0.15) is 56.0 Å². The van der Waals surface area contributed by atoms with Gasteiger partial charge < -0.3 is 19.7 Å². The third-order valence-corrected chi connectivity index (χ3v) is 4.36. The van der Waals surface area contributed by atoms with E-state index in [1.807, 2.05) is 31.2 Å². The van der Waals surface area contributed by atoms with E-state index in [-0.39, 0.29) is 18.5 Å². The van der Waals surface area contributed by atoms with E-state index in [1.54, 1.807) is 7.11 Å². The number of hydrogen-bond donors (Lipinski definition) is 1.